The number of anilines is 1. The largest absolute Gasteiger partial charge is 0.410 e. The molecule has 3 N–H and O–H groups in total. The van der Waals surface area contributed by atoms with Crippen LogP contribution in [0.5, 0.6) is 0 Å². The SMILES string of the molecule is O=C(NCc1cc(F)cc(Cl)c1)O[C@@]1(O)CCN(c2ccc3[nH]c(=O)sc3c2)C1=O. The number of amides is 2. The minimum absolute atomic E-state index is 0.104. The Morgan fingerprint density at radius 3 is 2.90 bits per heavy atom. The highest BCUT2D eigenvalue weighted by molar-refractivity contribution is 7.16. The molecule has 1 aromatic heterocycles. The van der Waals surface area contributed by atoms with E-state index in [4.69, 9.17) is 16.3 Å². The van der Waals surface area contributed by atoms with Gasteiger partial charge in [0.1, 0.15) is 5.82 Å². The maximum atomic E-state index is 13.4. The number of benzene rings is 2. The Labute approximate surface area is 177 Å². The Balaban J connectivity index is 1.43. The number of nitrogens with zero attached hydrogens (tertiary/aromatic N) is 1. The zero-order valence-corrected chi connectivity index (χ0v) is 16.8. The third-order valence-electron chi connectivity index (χ3n) is 4.59. The van der Waals surface area contributed by atoms with Gasteiger partial charge in [-0.25, -0.2) is 9.18 Å². The summed E-state index contributed by atoms with van der Waals surface area (Å²) in [6.45, 7) is 0.0142. The average Bonchev–Trinajstić information content (AvgIpc) is 3.18. The number of aromatic nitrogens is 1. The van der Waals surface area contributed by atoms with Gasteiger partial charge in [0.2, 0.25) is 0 Å². The summed E-state index contributed by atoms with van der Waals surface area (Å²) >= 11 is 6.76. The molecule has 8 nitrogen and oxygen atoms in total. The van der Waals surface area contributed by atoms with Crippen molar-refractivity contribution in [3.63, 3.8) is 0 Å². The van der Waals surface area contributed by atoms with Crippen molar-refractivity contribution in [2.75, 3.05) is 11.4 Å². The van der Waals surface area contributed by atoms with Crippen molar-refractivity contribution < 1.29 is 23.8 Å². The monoisotopic (exact) mass is 451 g/mol. The van der Waals surface area contributed by atoms with Crippen LogP contribution in [0.2, 0.25) is 5.02 Å². The van der Waals surface area contributed by atoms with E-state index in [1.165, 1.54) is 17.0 Å². The fourth-order valence-corrected chi connectivity index (χ4v) is 4.22. The predicted octanol–water partition coefficient (Wildman–Crippen LogP) is 2.73. The summed E-state index contributed by atoms with van der Waals surface area (Å²) in [5.74, 6) is -3.69. The van der Waals surface area contributed by atoms with Crippen LogP contribution in [-0.2, 0) is 16.1 Å². The molecule has 2 heterocycles. The van der Waals surface area contributed by atoms with Gasteiger partial charge in [0, 0.05) is 30.2 Å². The van der Waals surface area contributed by atoms with Gasteiger partial charge in [0.15, 0.2) is 0 Å². The first-order valence-corrected chi connectivity index (χ1v) is 10.0. The molecule has 2 amide bonds. The van der Waals surface area contributed by atoms with Gasteiger partial charge in [0.05, 0.1) is 10.2 Å². The quantitative estimate of drug-likeness (QED) is 0.528. The highest BCUT2D eigenvalue weighted by Crippen LogP contribution is 2.31. The van der Waals surface area contributed by atoms with Gasteiger partial charge in [-0.05, 0) is 42.0 Å². The maximum Gasteiger partial charge on any atom is 0.410 e. The fraction of sp³-hybridized carbons (Fsp3) is 0.211. The molecule has 30 heavy (non-hydrogen) atoms. The van der Waals surface area contributed by atoms with Crippen LogP contribution in [0.15, 0.2) is 41.2 Å². The molecule has 1 aliphatic heterocycles. The molecular formula is C19H15ClFN3O5S. The van der Waals surface area contributed by atoms with Crippen LogP contribution in [0.3, 0.4) is 0 Å². The number of hydrogen-bond donors (Lipinski definition) is 3. The Bertz CT molecular complexity index is 1190. The van der Waals surface area contributed by atoms with Crippen molar-refractivity contribution in [3.8, 4) is 0 Å². The summed E-state index contributed by atoms with van der Waals surface area (Å²) in [5.41, 5.74) is 1.50. The van der Waals surface area contributed by atoms with Crippen molar-refractivity contribution in [2.45, 2.75) is 18.8 Å². The molecule has 0 radical (unpaired) electrons. The lowest BCUT2D eigenvalue weighted by Gasteiger charge is -2.22. The van der Waals surface area contributed by atoms with Crippen molar-refractivity contribution in [1.29, 1.82) is 0 Å². The number of carbonyl (C=O) groups is 2. The minimum atomic E-state index is -2.33. The highest BCUT2D eigenvalue weighted by Gasteiger charge is 2.49. The molecule has 1 atom stereocenters. The van der Waals surface area contributed by atoms with Crippen LogP contribution < -0.4 is 15.1 Å². The van der Waals surface area contributed by atoms with Gasteiger partial charge in [-0.2, -0.15) is 0 Å². The van der Waals surface area contributed by atoms with Crippen molar-refractivity contribution in [2.24, 2.45) is 0 Å². The van der Waals surface area contributed by atoms with E-state index in [2.05, 4.69) is 10.3 Å². The first-order valence-electron chi connectivity index (χ1n) is 8.82. The Hall–Kier alpha value is -2.95. The number of rotatable bonds is 4. The molecule has 0 aliphatic carbocycles. The Morgan fingerprint density at radius 1 is 1.33 bits per heavy atom. The van der Waals surface area contributed by atoms with E-state index < -0.39 is 23.6 Å². The Morgan fingerprint density at radius 2 is 2.13 bits per heavy atom. The summed E-state index contributed by atoms with van der Waals surface area (Å²) in [6, 6.07) is 8.71. The molecule has 1 saturated heterocycles. The second-order valence-corrected chi connectivity index (χ2v) is 8.16. The van der Waals surface area contributed by atoms with Crippen LogP contribution in [0.4, 0.5) is 14.9 Å². The molecule has 3 aromatic rings. The number of aromatic amines is 1. The summed E-state index contributed by atoms with van der Waals surface area (Å²) in [6.07, 6.45) is -1.17. The first kappa shape index (κ1) is 20.3. The van der Waals surface area contributed by atoms with E-state index in [-0.39, 0.29) is 29.4 Å². The molecule has 11 heteroatoms. The molecule has 1 aliphatic rings. The molecule has 156 valence electrons. The zero-order chi connectivity index (χ0) is 21.5. The highest BCUT2D eigenvalue weighted by atomic mass is 35.5. The standard InChI is InChI=1S/C19H15ClFN3O5S/c20-11-5-10(6-12(21)7-11)9-22-17(26)29-19(28)3-4-24(16(19)25)13-1-2-14-15(8-13)30-18(27)23-14/h1-2,5-8,28H,3-4,9H2,(H,22,26)(H,23,27)/t19-/m0/s1. The number of nitrogens with one attached hydrogen (secondary N) is 2. The number of carbonyl (C=O) groups excluding carboxylic acids is 2. The van der Waals surface area contributed by atoms with Gasteiger partial charge in [-0.3, -0.25) is 9.59 Å². The van der Waals surface area contributed by atoms with Crippen molar-refractivity contribution in [3.05, 3.63) is 62.5 Å². The third-order valence-corrected chi connectivity index (χ3v) is 5.65. The fourth-order valence-electron chi connectivity index (χ4n) is 3.20. The lowest BCUT2D eigenvalue weighted by Crippen LogP contribution is -2.46. The van der Waals surface area contributed by atoms with E-state index in [1.54, 1.807) is 18.2 Å². The summed E-state index contributed by atoms with van der Waals surface area (Å²) in [4.78, 5) is 40.0. The molecule has 0 unspecified atom stereocenters. The summed E-state index contributed by atoms with van der Waals surface area (Å²) in [5, 5.41) is 13.1. The molecule has 2 aromatic carbocycles. The molecule has 0 spiro atoms. The summed E-state index contributed by atoms with van der Waals surface area (Å²) in [7, 11) is 0. The topological polar surface area (TPSA) is 112 Å². The van der Waals surface area contributed by atoms with Crippen molar-refractivity contribution in [1.82, 2.24) is 10.3 Å². The first-order chi connectivity index (χ1) is 14.2. The van der Waals surface area contributed by atoms with Gasteiger partial charge in [-0.15, -0.1) is 0 Å². The second-order valence-electron chi connectivity index (χ2n) is 6.71. The molecule has 1 fully saturated rings. The van der Waals surface area contributed by atoms with E-state index in [1.807, 2.05) is 0 Å². The predicted molar refractivity (Wildman–Crippen MR) is 109 cm³/mol. The van der Waals surface area contributed by atoms with Crippen LogP contribution >= 0.6 is 22.9 Å². The van der Waals surface area contributed by atoms with E-state index in [9.17, 15) is 23.9 Å². The van der Waals surface area contributed by atoms with Crippen LogP contribution in [0.25, 0.3) is 10.2 Å². The third kappa shape index (κ3) is 4.02. The lowest BCUT2D eigenvalue weighted by atomic mass is 10.2. The molecule has 4 rings (SSSR count). The maximum absolute atomic E-state index is 13.4. The molecular weight excluding hydrogens is 437 g/mol. The van der Waals surface area contributed by atoms with Gasteiger partial charge in [-0.1, -0.05) is 22.9 Å². The lowest BCUT2D eigenvalue weighted by molar-refractivity contribution is -0.175. The van der Waals surface area contributed by atoms with E-state index in [0.717, 1.165) is 17.4 Å². The number of ether oxygens (including phenoxy) is 1. The number of fused-ring (bicyclic) bond motifs is 1. The number of alkyl carbamates (subject to hydrolysis) is 1. The molecule has 0 bridgehead atoms. The van der Waals surface area contributed by atoms with Crippen LogP contribution in [0, 0.1) is 5.82 Å². The van der Waals surface area contributed by atoms with Gasteiger partial charge in [0.25, 0.3) is 11.7 Å². The van der Waals surface area contributed by atoms with E-state index in [0.29, 0.717) is 21.5 Å². The van der Waals surface area contributed by atoms with Gasteiger partial charge < -0.3 is 25.0 Å². The summed E-state index contributed by atoms with van der Waals surface area (Å²) < 4.78 is 19.0. The Kier molecular flexibility index (Phi) is 5.22. The molecule has 0 saturated carbocycles. The average molecular weight is 452 g/mol. The second kappa shape index (κ2) is 7.71. The smallest absolute Gasteiger partial charge is 0.407 e. The van der Waals surface area contributed by atoms with Crippen molar-refractivity contribution >= 4 is 50.8 Å². The van der Waals surface area contributed by atoms with Crippen LogP contribution in [-0.4, -0.2) is 34.4 Å². The van der Waals surface area contributed by atoms with Crippen LogP contribution in [0.1, 0.15) is 12.0 Å². The normalized spacial score (nSPS) is 18.8. The number of aliphatic hydroxyl groups is 1. The number of halogens is 2. The number of thiazole rings is 1. The number of H-pyrrole nitrogens is 1. The van der Waals surface area contributed by atoms with Gasteiger partial charge >= 0.3 is 11.0 Å². The van der Waals surface area contributed by atoms with E-state index >= 15 is 0 Å². The minimum Gasteiger partial charge on any atom is -0.407 e. The number of hydrogen-bond acceptors (Lipinski definition) is 6. The zero-order valence-electron chi connectivity index (χ0n) is 15.3.